The SMILES string of the molecule is CNC(=O)[C@@H](C)NCc1cnn(C(C)C)c1. The summed E-state index contributed by atoms with van der Waals surface area (Å²) in [5, 5.41) is 9.97. The Morgan fingerprint density at radius 1 is 1.50 bits per heavy atom. The molecular formula is C11H20N4O. The largest absolute Gasteiger partial charge is 0.358 e. The Labute approximate surface area is 96.2 Å². The number of rotatable bonds is 5. The van der Waals surface area contributed by atoms with Gasteiger partial charge in [-0.25, -0.2) is 0 Å². The molecule has 1 heterocycles. The molecule has 0 fully saturated rings. The summed E-state index contributed by atoms with van der Waals surface area (Å²) in [6, 6.07) is 0.178. The standard InChI is InChI=1S/C11H20N4O/c1-8(2)15-7-10(6-14-15)5-13-9(3)11(16)12-4/h6-9,13H,5H2,1-4H3,(H,12,16)/t9-/m1/s1. The van der Waals surface area contributed by atoms with Crippen LogP contribution in [0.2, 0.25) is 0 Å². The van der Waals surface area contributed by atoms with E-state index >= 15 is 0 Å². The zero-order valence-electron chi connectivity index (χ0n) is 10.3. The van der Waals surface area contributed by atoms with E-state index in [1.54, 1.807) is 7.05 Å². The monoisotopic (exact) mass is 224 g/mol. The molecule has 1 atom stereocenters. The highest BCUT2D eigenvalue weighted by molar-refractivity contribution is 5.80. The number of aromatic nitrogens is 2. The van der Waals surface area contributed by atoms with Crippen LogP contribution in [0.3, 0.4) is 0 Å². The molecular weight excluding hydrogens is 204 g/mol. The number of amides is 1. The van der Waals surface area contributed by atoms with Gasteiger partial charge >= 0.3 is 0 Å². The van der Waals surface area contributed by atoms with Crippen molar-refractivity contribution in [2.45, 2.75) is 39.4 Å². The molecule has 0 radical (unpaired) electrons. The minimum absolute atomic E-state index is 0.00347. The first-order chi connectivity index (χ1) is 7.54. The number of nitrogens with one attached hydrogen (secondary N) is 2. The first-order valence-corrected chi connectivity index (χ1v) is 5.52. The zero-order chi connectivity index (χ0) is 12.1. The molecule has 0 aliphatic heterocycles. The maximum absolute atomic E-state index is 11.3. The van der Waals surface area contributed by atoms with Gasteiger partial charge in [0.2, 0.25) is 5.91 Å². The lowest BCUT2D eigenvalue weighted by Gasteiger charge is -2.10. The molecule has 0 spiro atoms. The van der Waals surface area contributed by atoms with Gasteiger partial charge in [-0.3, -0.25) is 9.48 Å². The van der Waals surface area contributed by atoms with Crippen LogP contribution < -0.4 is 10.6 Å². The van der Waals surface area contributed by atoms with Crippen LogP contribution in [0.5, 0.6) is 0 Å². The molecule has 0 unspecified atom stereocenters. The minimum atomic E-state index is -0.188. The van der Waals surface area contributed by atoms with Gasteiger partial charge in [0.1, 0.15) is 0 Å². The van der Waals surface area contributed by atoms with Crippen molar-refractivity contribution < 1.29 is 4.79 Å². The number of carbonyl (C=O) groups excluding carboxylic acids is 1. The van der Waals surface area contributed by atoms with Crippen LogP contribution in [0.1, 0.15) is 32.4 Å². The van der Waals surface area contributed by atoms with E-state index in [0.717, 1.165) is 5.56 Å². The highest BCUT2D eigenvalue weighted by Crippen LogP contribution is 2.05. The predicted molar refractivity (Wildman–Crippen MR) is 63.0 cm³/mol. The molecule has 0 bridgehead atoms. The molecule has 16 heavy (non-hydrogen) atoms. The highest BCUT2D eigenvalue weighted by Gasteiger charge is 2.10. The smallest absolute Gasteiger partial charge is 0.236 e. The van der Waals surface area contributed by atoms with E-state index in [-0.39, 0.29) is 11.9 Å². The lowest BCUT2D eigenvalue weighted by atomic mass is 10.3. The second-order valence-electron chi connectivity index (χ2n) is 4.14. The lowest BCUT2D eigenvalue weighted by molar-refractivity contribution is -0.122. The second kappa shape index (κ2) is 5.65. The Bertz CT molecular complexity index is 346. The Balaban J connectivity index is 2.45. The van der Waals surface area contributed by atoms with E-state index in [9.17, 15) is 4.79 Å². The van der Waals surface area contributed by atoms with Crippen LogP contribution in [0, 0.1) is 0 Å². The van der Waals surface area contributed by atoms with Crippen molar-refractivity contribution in [1.29, 1.82) is 0 Å². The van der Waals surface area contributed by atoms with Gasteiger partial charge in [0.25, 0.3) is 0 Å². The molecule has 5 heteroatoms. The molecule has 0 aliphatic rings. The fourth-order valence-corrected chi connectivity index (χ4v) is 1.33. The van der Waals surface area contributed by atoms with Gasteiger partial charge in [-0.15, -0.1) is 0 Å². The van der Waals surface area contributed by atoms with E-state index in [1.165, 1.54) is 0 Å². The summed E-state index contributed by atoms with van der Waals surface area (Å²) < 4.78 is 1.90. The van der Waals surface area contributed by atoms with Crippen molar-refractivity contribution in [3.63, 3.8) is 0 Å². The molecule has 0 saturated carbocycles. The van der Waals surface area contributed by atoms with Crippen molar-refractivity contribution in [3.8, 4) is 0 Å². The zero-order valence-corrected chi connectivity index (χ0v) is 10.3. The van der Waals surface area contributed by atoms with Gasteiger partial charge in [-0.05, 0) is 20.8 Å². The highest BCUT2D eigenvalue weighted by atomic mass is 16.2. The summed E-state index contributed by atoms with van der Waals surface area (Å²) in [7, 11) is 1.64. The van der Waals surface area contributed by atoms with Crippen LogP contribution in [0.15, 0.2) is 12.4 Å². The summed E-state index contributed by atoms with van der Waals surface area (Å²) in [5.74, 6) is -0.00347. The van der Waals surface area contributed by atoms with Gasteiger partial charge in [-0.2, -0.15) is 5.10 Å². The molecule has 1 aromatic rings. The van der Waals surface area contributed by atoms with Crippen LogP contribution in [-0.2, 0) is 11.3 Å². The van der Waals surface area contributed by atoms with Crippen LogP contribution in [0.4, 0.5) is 0 Å². The van der Waals surface area contributed by atoms with Gasteiger partial charge in [0, 0.05) is 31.4 Å². The van der Waals surface area contributed by atoms with Crippen LogP contribution in [-0.4, -0.2) is 28.8 Å². The topological polar surface area (TPSA) is 59.0 Å². The first kappa shape index (κ1) is 12.7. The van der Waals surface area contributed by atoms with Crippen LogP contribution >= 0.6 is 0 Å². The third kappa shape index (κ3) is 3.34. The number of carbonyl (C=O) groups is 1. The average Bonchev–Trinajstić information content (AvgIpc) is 2.73. The van der Waals surface area contributed by atoms with E-state index in [4.69, 9.17) is 0 Å². The van der Waals surface area contributed by atoms with Crippen LogP contribution in [0.25, 0.3) is 0 Å². The fourth-order valence-electron chi connectivity index (χ4n) is 1.33. The normalized spacial score (nSPS) is 12.8. The maximum atomic E-state index is 11.3. The van der Waals surface area contributed by atoms with E-state index in [0.29, 0.717) is 12.6 Å². The summed E-state index contributed by atoms with van der Waals surface area (Å²) >= 11 is 0. The molecule has 0 aliphatic carbocycles. The average molecular weight is 224 g/mol. The molecule has 1 amide bonds. The summed E-state index contributed by atoms with van der Waals surface area (Å²) in [6.07, 6.45) is 3.82. The van der Waals surface area contributed by atoms with Crippen molar-refractivity contribution >= 4 is 5.91 Å². The predicted octanol–water partition coefficient (Wildman–Crippen LogP) is 0.688. The number of nitrogens with zero attached hydrogens (tertiary/aromatic N) is 2. The van der Waals surface area contributed by atoms with Crippen molar-refractivity contribution in [3.05, 3.63) is 18.0 Å². The Morgan fingerprint density at radius 3 is 2.69 bits per heavy atom. The second-order valence-corrected chi connectivity index (χ2v) is 4.14. The quantitative estimate of drug-likeness (QED) is 0.773. The Morgan fingerprint density at radius 2 is 2.19 bits per heavy atom. The van der Waals surface area contributed by atoms with E-state index < -0.39 is 0 Å². The number of hydrogen-bond donors (Lipinski definition) is 2. The number of hydrogen-bond acceptors (Lipinski definition) is 3. The summed E-state index contributed by atoms with van der Waals surface area (Å²) in [5.41, 5.74) is 1.09. The van der Waals surface area contributed by atoms with E-state index in [2.05, 4.69) is 29.6 Å². The van der Waals surface area contributed by atoms with Crippen molar-refractivity contribution in [1.82, 2.24) is 20.4 Å². The summed E-state index contributed by atoms with van der Waals surface area (Å²) in [4.78, 5) is 11.3. The lowest BCUT2D eigenvalue weighted by Crippen LogP contribution is -2.40. The first-order valence-electron chi connectivity index (χ1n) is 5.52. The van der Waals surface area contributed by atoms with Gasteiger partial charge in [0.15, 0.2) is 0 Å². The molecule has 90 valence electrons. The molecule has 0 saturated heterocycles. The van der Waals surface area contributed by atoms with Gasteiger partial charge in [-0.1, -0.05) is 0 Å². The number of likely N-dealkylation sites (N-methyl/N-ethyl adjacent to an activating group) is 1. The molecule has 1 aromatic heterocycles. The van der Waals surface area contributed by atoms with Crippen molar-refractivity contribution in [2.24, 2.45) is 0 Å². The molecule has 0 aromatic carbocycles. The van der Waals surface area contributed by atoms with Gasteiger partial charge < -0.3 is 10.6 Å². The summed E-state index contributed by atoms with van der Waals surface area (Å²) in [6.45, 7) is 6.65. The Hall–Kier alpha value is -1.36. The minimum Gasteiger partial charge on any atom is -0.358 e. The van der Waals surface area contributed by atoms with E-state index in [1.807, 2.05) is 24.0 Å². The maximum Gasteiger partial charge on any atom is 0.236 e. The third-order valence-electron chi connectivity index (χ3n) is 2.44. The fraction of sp³-hybridized carbons (Fsp3) is 0.636. The Kier molecular flexibility index (Phi) is 4.49. The molecule has 2 N–H and O–H groups in total. The van der Waals surface area contributed by atoms with Gasteiger partial charge in [0.05, 0.1) is 12.2 Å². The van der Waals surface area contributed by atoms with Crippen molar-refractivity contribution in [2.75, 3.05) is 7.05 Å². The molecule has 1 rings (SSSR count). The third-order valence-corrected chi connectivity index (χ3v) is 2.44. The molecule has 5 nitrogen and oxygen atoms in total.